The van der Waals surface area contributed by atoms with Crippen molar-refractivity contribution >= 4 is 21.8 Å². The molecule has 1 amide bonds. The number of hydroxylamine groups is 1. The second-order valence-electron chi connectivity index (χ2n) is 8.66. The summed E-state index contributed by atoms with van der Waals surface area (Å²) in [6, 6.07) is 13.6. The van der Waals surface area contributed by atoms with Gasteiger partial charge in [0.05, 0.1) is 4.90 Å². The highest BCUT2D eigenvalue weighted by atomic mass is 32.2. The van der Waals surface area contributed by atoms with Crippen LogP contribution in [0.5, 0.6) is 11.5 Å². The van der Waals surface area contributed by atoms with E-state index in [0.29, 0.717) is 43.4 Å². The van der Waals surface area contributed by atoms with Crippen LogP contribution in [0.25, 0.3) is 0 Å². The molecule has 1 aliphatic heterocycles. The number of sulfonamides is 1. The first-order valence-corrected chi connectivity index (χ1v) is 13.6. The fourth-order valence-corrected chi connectivity index (χ4v) is 5.44. The molecule has 1 aliphatic rings. The SMILES string of the molecule is CCCN/C(=N\C#N)C1CNCCC1CC(NS(=O)(=O)c1ccc(Oc2ccccc2)cc1)C(=O)NO. The molecule has 1 saturated heterocycles. The van der Waals surface area contributed by atoms with E-state index in [9.17, 15) is 18.4 Å². The summed E-state index contributed by atoms with van der Waals surface area (Å²) >= 11 is 0. The summed E-state index contributed by atoms with van der Waals surface area (Å²) in [4.78, 5) is 16.4. The van der Waals surface area contributed by atoms with Crippen molar-refractivity contribution in [2.24, 2.45) is 16.8 Å². The number of nitrogens with one attached hydrogen (secondary N) is 4. The number of nitriles is 1. The number of amides is 1. The average Bonchev–Trinajstić information content (AvgIpc) is 2.91. The van der Waals surface area contributed by atoms with Gasteiger partial charge in [0.2, 0.25) is 16.2 Å². The third kappa shape index (κ3) is 7.99. The maximum absolute atomic E-state index is 13.1. The Balaban J connectivity index is 1.76. The number of carbonyl (C=O) groups is 1. The molecule has 0 aliphatic carbocycles. The Labute approximate surface area is 216 Å². The summed E-state index contributed by atoms with van der Waals surface area (Å²) in [6.45, 7) is 3.80. The number of aliphatic imine (C=N–C) groups is 1. The summed E-state index contributed by atoms with van der Waals surface area (Å²) in [6.07, 6.45) is 3.38. The molecule has 0 bridgehead atoms. The van der Waals surface area contributed by atoms with Crippen LogP contribution in [0.4, 0.5) is 0 Å². The first-order valence-electron chi connectivity index (χ1n) is 12.1. The standard InChI is InChI=1S/C25H32N6O5S/c1-2-13-28-24(29-17-26)22-16-27-14-12-18(22)15-23(25(32)30-33)31-37(34,35)21-10-8-20(9-11-21)36-19-6-4-3-5-7-19/h3-11,18,22-23,27,31,33H,2,12-16H2,1H3,(H,28,29)(H,30,32). The maximum Gasteiger partial charge on any atom is 0.261 e. The molecule has 0 spiro atoms. The van der Waals surface area contributed by atoms with Gasteiger partial charge < -0.3 is 15.4 Å². The molecule has 0 aromatic heterocycles. The van der Waals surface area contributed by atoms with E-state index in [1.807, 2.05) is 31.3 Å². The third-order valence-electron chi connectivity index (χ3n) is 6.08. The Morgan fingerprint density at radius 1 is 1.22 bits per heavy atom. The molecule has 37 heavy (non-hydrogen) atoms. The Morgan fingerprint density at radius 2 is 1.92 bits per heavy atom. The molecule has 12 heteroatoms. The van der Waals surface area contributed by atoms with E-state index in [-0.39, 0.29) is 23.2 Å². The van der Waals surface area contributed by atoms with Crippen LogP contribution >= 0.6 is 0 Å². The number of amidine groups is 1. The van der Waals surface area contributed by atoms with Crippen LogP contribution in [0.3, 0.4) is 0 Å². The highest BCUT2D eigenvalue weighted by Gasteiger charge is 2.35. The normalized spacial score (nSPS) is 18.9. The fraction of sp³-hybridized carbons (Fsp3) is 0.400. The number of hydrogen-bond donors (Lipinski definition) is 5. The molecule has 3 rings (SSSR count). The first kappa shape index (κ1) is 28.1. The largest absolute Gasteiger partial charge is 0.457 e. The van der Waals surface area contributed by atoms with Crippen LogP contribution in [0, 0.1) is 23.3 Å². The van der Waals surface area contributed by atoms with Crippen LogP contribution in [-0.2, 0) is 14.8 Å². The lowest BCUT2D eigenvalue weighted by atomic mass is 9.81. The number of piperidine rings is 1. The van der Waals surface area contributed by atoms with E-state index in [1.54, 1.807) is 17.6 Å². The Morgan fingerprint density at radius 3 is 2.57 bits per heavy atom. The van der Waals surface area contributed by atoms with Crippen molar-refractivity contribution in [2.45, 2.75) is 37.1 Å². The molecule has 1 fully saturated rings. The lowest BCUT2D eigenvalue weighted by Crippen LogP contribution is -2.51. The first-order chi connectivity index (χ1) is 17.9. The van der Waals surface area contributed by atoms with Crippen LogP contribution < -0.4 is 25.6 Å². The summed E-state index contributed by atoms with van der Waals surface area (Å²) in [5.74, 6) is 0.292. The highest BCUT2D eigenvalue weighted by molar-refractivity contribution is 7.89. The lowest BCUT2D eigenvalue weighted by molar-refractivity contribution is -0.131. The van der Waals surface area contributed by atoms with Crippen LogP contribution in [-0.4, -0.2) is 51.0 Å². The predicted octanol–water partition coefficient (Wildman–Crippen LogP) is 2.13. The van der Waals surface area contributed by atoms with Gasteiger partial charge in [-0.15, -0.1) is 0 Å². The molecule has 2 aromatic carbocycles. The van der Waals surface area contributed by atoms with Crippen molar-refractivity contribution < 1.29 is 23.2 Å². The zero-order chi connectivity index (χ0) is 26.7. The van der Waals surface area contributed by atoms with Crippen molar-refractivity contribution in [1.29, 1.82) is 5.26 Å². The molecular formula is C25H32N6O5S. The van der Waals surface area contributed by atoms with Gasteiger partial charge in [0.15, 0.2) is 0 Å². The van der Waals surface area contributed by atoms with Crippen LogP contribution in [0.1, 0.15) is 26.2 Å². The zero-order valence-electron chi connectivity index (χ0n) is 20.6. The van der Waals surface area contributed by atoms with Gasteiger partial charge >= 0.3 is 0 Å². The van der Waals surface area contributed by atoms with Crippen molar-refractivity contribution in [3.8, 4) is 17.7 Å². The Bertz CT molecular complexity index is 1200. The van der Waals surface area contributed by atoms with Gasteiger partial charge in [-0.1, -0.05) is 25.1 Å². The maximum atomic E-state index is 13.1. The second kappa shape index (κ2) is 13.7. The summed E-state index contributed by atoms with van der Waals surface area (Å²) in [7, 11) is -4.11. The molecule has 11 nitrogen and oxygen atoms in total. The van der Waals surface area contributed by atoms with E-state index in [2.05, 4.69) is 20.3 Å². The number of hydrogen-bond acceptors (Lipinski definition) is 8. The molecule has 2 aromatic rings. The zero-order valence-corrected chi connectivity index (χ0v) is 21.4. The minimum absolute atomic E-state index is 0.0538. The van der Waals surface area contributed by atoms with E-state index in [4.69, 9.17) is 10.00 Å². The number of nitrogens with zero attached hydrogens (tertiary/aromatic N) is 2. The minimum Gasteiger partial charge on any atom is -0.457 e. The topological polar surface area (TPSA) is 165 Å². The number of benzene rings is 2. The smallest absolute Gasteiger partial charge is 0.261 e. The van der Waals surface area contributed by atoms with E-state index < -0.39 is 22.0 Å². The molecule has 0 radical (unpaired) electrons. The van der Waals surface area contributed by atoms with E-state index >= 15 is 0 Å². The van der Waals surface area contributed by atoms with E-state index in [1.165, 1.54) is 24.3 Å². The van der Waals surface area contributed by atoms with E-state index in [0.717, 1.165) is 6.42 Å². The van der Waals surface area contributed by atoms with Gasteiger partial charge in [0.25, 0.3) is 5.91 Å². The van der Waals surface area contributed by atoms with Crippen LogP contribution in [0.15, 0.2) is 64.5 Å². The lowest BCUT2D eigenvalue weighted by Gasteiger charge is -2.34. The molecule has 5 N–H and O–H groups in total. The summed E-state index contributed by atoms with van der Waals surface area (Å²) in [5.41, 5.74) is 1.57. The van der Waals surface area contributed by atoms with Crippen LogP contribution in [0.2, 0.25) is 0 Å². The Kier molecular flexibility index (Phi) is 10.4. The average molecular weight is 529 g/mol. The molecule has 3 unspecified atom stereocenters. The summed E-state index contributed by atoms with van der Waals surface area (Å²) < 4.78 is 34.4. The third-order valence-corrected chi connectivity index (χ3v) is 7.57. The quantitative estimate of drug-likeness (QED) is 0.0973. The van der Waals surface area contributed by atoms with Crippen molar-refractivity contribution in [3.63, 3.8) is 0 Å². The van der Waals surface area contributed by atoms with Gasteiger partial charge in [-0.2, -0.15) is 15.0 Å². The molecular weight excluding hydrogens is 496 g/mol. The fourth-order valence-electron chi connectivity index (χ4n) is 4.23. The number of rotatable bonds is 11. The van der Waals surface area contributed by atoms with Gasteiger partial charge in [-0.05, 0) is 68.1 Å². The number of para-hydroxylation sites is 1. The predicted molar refractivity (Wildman–Crippen MR) is 137 cm³/mol. The van der Waals surface area contributed by atoms with Gasteiger partial charge in [0, 0.05) is 19.0 Å². The highest BCUT2D eigenvalue weighted by Crippen LogP contribution is 2.27. The van der Waals surface area contributed by atoms with Crippen molar-refractivity contribution in [2.75, 3.05) is 19.6 Å². The molecule has 0 saturated carbocycles. The molecule has 198 valence electrons. The van der Waals surface area contributed by atoms with Gasteiger partial charge in [0.1, 0.15) is 23.4 Å². The summed E-state index contributed by atoms with van der Waals surface area (Å²) in [5, 5.41) is 24.9. The van der Waals surface area contributed by atoms with Gasteiger partial charge in [-0.3, -0.25) is 10.0 Å². The monoisotopic (exact) mass is 528 g/mol. The van der Waals surface area contributed by atoms with Gasteiger partial charge in [-0.25, -0.2) is 13.9 Å². The second-order valence-corrected chi connectivity index (χ2v) is 10.4. The molecule has 3 atom stereocenters. The Hall–Kier alpha value is -3.50. The van der Waals surface area contributed by atoms with Crippen molar-refractivity contribution in [1.82, 2.24) is 20.8 Å². The minimum atomic E-state index is -4.11. The molecule has 1 heterocycles. The number of carbonyl (C=O) groups excluding carboxylic acids is 1. The van der Waals surface area contributed by atoms with Crippen molar-refractivity contribution in [3.05, 3.63) is 54.6 Å². The number of ether oxygens (including phenoxy) is 1.